The molecule has 0 saturated carbocycles. The molecule has 1 fully saturated rings. The third-order valence-corrected chi connectivity index (χ3v) is 4.85. The van der Waals surface area contributed by atoms with Crippen LogP contribution in [0.3, 0.4) is 0 Å². The Labute approximate surface area is 129 Å². The molecule has 0 radical (unpaired) electrons. The molecule has 1 atom stereocenters. The molecule has 0 aromatic carbocycles. The van der Waals surface area contributed by atoms with Crippen LogP contribution in [0.25, 0.3) is 10.2 Å². The molecule has 0 N–H and O–H groups in total. The molecule has 114 valence electrons. The molecule has 2 aromatic rings. The van der Waals surface area contributed by atoms with Crippen molar-refractivity contribution in [2.75, 3.05) is 44.3 Å². The Hall–Kier alpha value is -1.24. The van der Waals surface area contributed by atoms with E-state index in [0.29, 0.717) is 6.04 Å². The van der Waals surface area contributed by atoms with Crippen LogP contribution in [0.4, 0.5) is 5.82 Å². The lowest BCUT2D eigenvalue weighted by molar-refractivity contribution is 0.0925. The monoisotopic (exact) mass is 306 g/mol. The molecule has 0 bridgehead atoms. The van der Waals surface area contributed by atoms with Gasteiger partial charge in [-0.3, -0.25) is 4.90 Å². The van der Waals surface area contributed by atoms with Crippen LogP contribution in [0.5, 0.6) is 0 Å². The van der Waals surface area contributed by atoms with E-state index in [2.05, 4.69) is 38.1 Å². The molecular formula is C15H22N4OS. The van der Waals surface area contributed by atoms with Crippen molar-refractivity contribution in [2.24, 2.45) is 0 Å². The fourth-order valence-electron chi connectivity index (χ4n) is 2.87. The lowest BCUT2D eigenvalue weighted by Crippen LogP contribution is -2.53. The van der Waals surface area contributed by atoms with Gasteiger partial charge in [-0.1, -0.05) is 0 Å². The van der Waals surface area contributed by atoms with Crippen LogP contribution < -0.4 is 4.90 Å². The van der Waals surface area contributed by atoms with Crippen molar-refractivity contribution < 1.29 is 4.74 Å². The summed E-state index contributed by atoms with van der Waals surface area (Å²) in [5, 5.41) is 3.27. The highest BCUT2D eigenvalue weighted by Gasteiger charge is 2.25. The van der Waals surface area contributed by atoms with Gasteiger partial charge < -0.3 is 9.64 Å². The summed E-state index contributed by atoms with van der Waals surface area (Å²) >= 11 is 1.68. The molecule has 0 spiro atoms. The first-order valence-corrected chi connectivity index (χ1v) is 8.42. The van der Waals surface area contributed by atoms with Crippen molar-refractivity contribution >= 4 is 27.4 Å². The van der Waals surface area contributed by atoms with Crippen LogP contribution in [0, 0.1) is 0 Å². The second-order valence-electron chi connectivity index (χ2n) is 5.36. The molecule has 1 aliphatic rings. The number of rotatable bonds is 5. The van der Waals surface area contributed by atoms with Gasteiger partial charge in [0.15, 0.2) is 0 Å². The summed E-state index contributed by atoms with van der Waals surface area (Å²) < 4.78 is 5.47. The van der Waals surface area contributed by atoms with Gasteiger partial charge in [0.05, 0.1) is 12.0 Å². The number of ether oxygens (including phenoxy) is 1. The number of hydrogen-bond acceptors (Lipinski definition) is 6. The minimum Gasteiger partial charge on any atom is -0.380 e. The van der Waals surface area contributed by atoms with Gasteiger partial charge >= 0.3 is 0 Å². The average molecular weight is 306 g/mol. The van der Waals surface area contributed by atoms with E-state index >= 15 is 0 Å². The zero-order chi connectivity index (χ0) is 14.7. The Balaban J connectivity index is 1.68. The number of hydrogen-bond donors (Lipinski definition) is 0. The van der Waals surface area contributed by atoms with E-state index < -0.39 is 0 Å². The molecule has 6 heteroatoms. The maximum absolute atomic E-state index is 5.47. The minimum atomic E-state index is 0.517. The molecular weight excluding hydrogens is 284 g/mol. The molecule has 1 aliphatic heterocycles. The minimum absolute atomic E-state index is 0.517. The highest BCUT2D eigenvalue weighted by Crippen LogP contribution is 2.28. The fourth-order valence-corrected chi connectivity index (χ4v) is 3.60. The molecule has 2 aromatic heterocycles. The zero-order valence-electron chi connectivity index (χ0n) is 12.7. The Morgan fingerprint density at radius 2 is 2.29 bits per heavy atom. The maximum atomic E-state index is 5.47. The van der Waals surface area contributed by atoms with Gasteiger partial charge in [-0.25, -0.2) is 9.97 Å². The average Bonchev–Trinajstić information content (AvgIpc) is 2.97. The molecule has 1 saturated heterocycles. The van der Waals surface area contributed by atoms with Crippen molar-refractivity contribution in [1.82, 2.24) is 14.9 Å². The van der Waals surface area contributed by atoms with Crippen LogP contribution in [0.1, 0.15) is 13.8 Å². The number of thiophene rings is 1. The first-order valence-electron chi connectivity index (χ1n) is 7.54. The number of piperazine rings is 1. The van der Waals surface area contributed by atoms with Crippen LogP contribution in [0.2, 0.25) is 0 Å². The molecule has 21 heavy (non-hydrogen) atoms. The number of nitrogens with zero attached hydrogens (tertiary/aromatic N) is 4. The van der Waals surface area contributed by atoms with Crippen molar-refractivity contribution in [3.8, 4) is 0 Å². The largest absolute Gasteiger partial charge is 0.380 e. The molecule has 3 rings (SSSR count). The van der Waals surface area contributed by atoms with E-state index in [4.69, 9.17) is 4.74 Å². The fraction of sp³-hybridized carbons (Fsp3) is 0.600. The number of aromatic nitrogens is 2. The smallest absolute Gasteiger partial charge is 0.140 e. The Bertz CT molecular complexity index is 588. The second-order valence-corrected chi connectivity index (χ2v) is 6.26. The van der Waals surface area contributed by atoms with E-state index in [1.807, 2.05) is 6.92 Å². The first-order chi connectivity index (χ1) is 10.3. The van der Waals surface area contributed by atoms with Gasteiger partial charge in [-0.2, -0.15) is 0 Å². The summed E-state index contributed by atoms with van der Waals surface area (Å²) in [6.45, 7) is 10.0. The molecule has 0 aliphatic carbocycles. The van der Waals surface area contributed by atoms with Gasteiger partial charge in [-0.15, -0.1) is 11.3 Å². The Morgan fingerprint density at radius 1 is 1.38 bits per heavy atom. The van der Waals surface area contributed by atoms with E-state index in [1.165, 1.54) is 5.39 Å². The van der Waals surface area contributed by atoms with Crippen molar-refractivity contribution in [1.29, 1.82) is 0 Å². The van der Waals surface area contributed by atoms with Gasteiger partial charge in [0, 0.05) is 38.8 Å². The topological polar surface area (TPSA) is 41.5 Å². The van der Waals surface area contributed by atoms with E-state index in [9.17, 15) is 0 Å². The van der Waals surface area contributed by atoms with Crippen LogP contribution in [-0.4, -0.2) is 60.3 Å². The predicted molar refractivity (Wildman–Crippen MR) is 87.2 cm³/mol. The van der Waals surface area contributed by atoms with Crippen LogP contribution in [0.15, 0.2) is 17.8 Å². The Morgan fingerprint density at radius 3 is 3.10 bits per heavy atom. The summed E-state index contributed by atoms with van der Waals surface area (Å²) in [5.74, 6) is 1.08. The summed E-state index contributed by atoms with van der Waals surface area (Å²) in [4.78, 5) is 14.8. The third-order valence-electron chi connectivity index (χ3n) is 4.03. The maximum Gasteiger partial charge on any atom is 0.140 e. The van der Waals surface area contributed by atoms with Crippen LogP contribution >= 0.6 is 11.3 Å². The predicted octanol–water partition coefficient (Wildman–Crippen LogP) is 2.24. The van der Waals surface area contributed by atoms with Gasteiger partial charge in [0.25, 0.3) is 0 Å². The van der Waals surface area contributed by atoms with E-state index in [-0.39, 0.29) is 0 Å². The molecule has 5 nitrogen and oxygen atoms in total. The van der Waals surface area contributed by atoms with Gasteiger partial charge in [0.1, 0.15) is 17.0 Å². The van der Waals surface area contributed by atoms with E-state index in [0.717, 1.165) is 50.0 Å². The van der Waals surface area contributed by atoms with Gasteiger partial charge in [-0.05, 0) is 25.3 Å². The normalized spacial score (nSPS) is 20.3. The van der Waals surface area contributed by atoms with E-state index in [1.54, 1.807) is 17.7 Å². The highest BCUT2D eigenvalue weighted by atomic mass is 32.1. The highest BCUT2D eigenvalue weighted by molar-refractivity contribution is 7.16. The van der Waals surface area contributed by atoms with Crippen molar-refractivity contribution in [3.05, 3.63) is 17.8 Å². The van der Waals surface area contributed by atoms with Crippen molar-refractivity contribution in [3.63, 3.8) is 0 Å². The molecule has 0 unspecified atom stereocenters. The van der Waals surface area contributed by atoms with Crippen molar-refractivity contribution in [2.45, 2.75) is 19.9 Å². The second kappa shape index (κ2) is 6.68. The van der Waals surface area contributed by atoms with Crippen LogP contribution in [-0.2, 0) is 4.74 Å². The lowest BCUT2D eigenvalue weighted by atomic mass is 10.2. The summed E-state index contributed by atoms with van der Waals surface area (Å²) in [7, 11) is 0. The quantitative estimate of drug-likeness (QED) is 0.793. The third kappa shape index (κ3) is 3.17. The molecule has 0 amide bonds. The number of anilines is 1. The summed E-state index contributed by atoms with van der Waals surface area (Å²) in [6, 6.07) is 2.64. The summed E-state index contributed by atoms with van der Waals surface area (Å²) in [6.07, 6.45) is 1.68. The first kappa shape index (κ1) is 14.7. The lowest BCUT2D eigenvalue weighted by Gasteiger charge is -2.40. The SMILES string of the molecule is CCOCCN1CCN(c2ncnc3sccc23)C[C@H]1C. The number of fused-ring (bicyclic) bond motifs is 1. The Kier molecular flexibility index (Phi) is 4.67. The summed E-state index contributed by atoms with van der Waals surface area (Å²) in [5.41, 5.74) is 0. The standard InChI is InChI=1S/C15H22N4OS/c1-3-20-8-7-18-5-6-19(10-12(18)2)14-13-4-9-21-15(13)17-11-16-14/h4,9,11-12H,3,5-8,10H2,1-2H3/t12-/m1/s1. The van der Waals surface area contributed by atoms with Gasteiger partial charge in [0.2, 0.25) is 0 Å². The zero-order valence-corrected chi connectivity index (χ0v) is 13.5. The molecule has 3 heterocycles.